The first-order valence-electron chi connectivity index (χ1n) is 13.1. The van der Waals surface area contributed by atoms with Crippen LogP contribution in [0.3, 0.4) is 0 Å². The Labute approximate surface area is 251 Å². The predicted octanol–water partition coefficient (Wildman–Crippen LogP) is 5.20. The molecule has 1 aliphatic heterocycles. The van der Waals surface area contributed by atoms with Gasteiger partial charge in [-0.1, -0.05) is 18.2 Å². The Morgan fingerprint density at radius 2 is 1.58 bits per heavy atom. The lowest BCUT2D eigenvalue weighted by Gasteiger charge is -2.29. The first-order chi connectivity index (χ1) is 20.9. The molecule has 0 bridgehead atoms. The zero-order valence-electron chi connectivity index (χ0n) is 22.7. The molecular weight excluding hydrogens is 566 g/mol. The average Bonchev–Trinajstić information content (AvgIpc) is 3.71. The number of nitrogens with zero attached hydrogens (tertiary/aromatic N) is 3. The number of carbonyl (C=O) groups excluding carboxylic acids is 3. The van der Waals surface area contributed by atoms with Gasteiger partial charge in [0.05, 0.1) is 12.8 Å². The number of hydrogen-bond acceptors (Lipinski definition) is 7. The lowest BCUT2D eigenvalue weighted by Crippen LogP contribution is -2.54. The zero-order chi connectivity index (χ0) is 29.9. The lowest BCUT2D eigenvalue weighted by atomic mass is 10.0. The van der Waals surface area contributed by atoms with Gasteiger partial charge in [0.15, 0.2) is 5.11 Å². The number of benzene rings is 3. The molecule has 0 spiro atoms. The Hall–Kier alpha value is -5.81. The SMILES string of the molecule is COc1ccc(-c2nn(C(=O)c3ccc[nH]3)cc2/C=C2\C(=O)NC(=S)N(c3ccc(Oc4ccccc4)cc3)C2=O)cc1. The largest absolute Gasteiger partial charge is 0.497 e. The zero-order valence-corrected chi connectivity index (χ0v) is 23.5. The van der Waals surface area contributed by atoms with Gasteiger partial charge in [0.1, 0.15) is 34.2 Å². The topological polar surface area (TPSA) is 119 Å². The van der Waals surface area contributed by atoms with Crippen molar-refractivity contribution >= 4 is 46.8 Å². The van der Waals surface area contributed by atoms with Gasteiger partial charge in [0, 0.05) is 23.5 Å². The average molecular weight is 590 g/mol. The number of ether oxygens (including phenoxy) is 2. The minimum absolute atomic E-state index is 0.0585. The molecule has 2 amide bonds. The Bertz CT molecular complexity index is 1860. The van der Waals surface area contributed by atoms with E-state index in [2.05, 4.69) is 15.4 Å². The number of thiocarbonyl (C=S) groups is 1. The number of para-hydroxylation sites is 1. The van der Waals surface area contributed by atoms with Gasteiger partial charge in [-0.25, -0.2) is 4.68 Å². The van der Waals surface area contributed by atoms with Crippen LogP contribution in [-0.4, -0.2) is 44.7 Å². The van der Waals surface area contributed by atoms with Crippen molar-refractivity contribution in [2.45, 2.75) is 0 Å². The molecule has 10 nitrogen and oxygen atoms in total. The Morgan fingerprint density at radius 1 is 0.884 bits per heavy atom. The second-order valence-corrected chi connectivity index (χ2v) is 9.75. The highest BCUT2D eigenvalue weighted by Gasteiger charge is 2.35. The quantitative estimate of drug-likeness (QED) is 0.152. The third-order valence-corrected chi connectivity index (χ3v) is 6.90. The molecule has 212 valence electrons. The summed E-state index contributed by atoms with van der Waals surface area (Å²) in [5, 5.41) is 7.04. The van der Waals surface area contributed by atoms with Crippen LogP contribution in [0.1, 0.15) is 16.1 Å². The van der Waals surface area contributed by atoms with Crippen molar-refractivity contribution in [3.8, 4) is 28.5 Å². The molecule has 3 heterocycles. The van der Waals surface area contributed by atoms with Crippen LogP contribution in [0.25, 0.3) is 17.3 Å². The number of carbonyl (C=O) groups is 3. The van der Waals surface area contributed by atoms with E-state index in [9.17, 15) is 14.4 Å². The molecule has 1 aliphatic rings. The molecule has 0 saturated carbocycles. The van der Waals surface area contributed by atoms with E-state index < -0.39 is 17.7 Å². The number of anilines is 1. The molecule has 11 heteroatoms. The van der Waals surface area contributed by atoms with Gasteiger partial charge >= 0.3 is 0 Å². The normalized spacial score (nSPS) is 14.1. The molecule has 6 rings (SSSR count). The van der Waals surface area contributed by atoms with Crippen molar-refractivity contribution in [2.75, 3.05) is 12.0 Å². The highest BCUT2D eigenvalue weighted by atomic mass is 32.1. The summed E-state index contributed by atoms with van der Waals surface area (Å²) < 4.78 is 12.3. The maximum absolute atomic E-state index is 13.7. The molecule has 1 saturated heterocycles. The van der Waals surface area contributed by atoms with Gasteiger partial charge in [-0.3, -0.25) is 24.6 Å². The van der Waals surface area contributed by atoms with Gasteiger partial charge in [0.25, 0.3) is 17.7 Å². The van der Waals surface area contributed by atoms with Gasteiger partial charge in [-0.15, -0.1) is 0 Å². The van der Waals surface area contributed by atoms with Gasteiger partial charge < -0.3 is 14.5 Å². The molecule has 0 atom stereocenters. The molecule has 5 aromatic rings. The summed E-state index contributed by atoms with van der Waals surface area (Å²) in [6.45, 7) is 0. The third kappa shape index (κ3) is 5.56. The monoisotopic (exact) mass is 589 g/mol. The highest BCUT2D eigenvalue weighted by Crippen LogP contribution is 2.30. The molecule has 43 heavy (non-hydrogen) atoms. The second-order valence-electron chi connectivity index (χ2n) is 9.36. The third-order valence-electron chi connectivity index (χ3n) is 6.62. The van der Waals surface area contributed by atoms with Crippen LogP contribution in [0.5, 0.6) is 17.2 Å². The minimum Gasteiger partial charge on any atom is -0.497 e. The van der Waals surface area contributed by atoms with E-state index in [0.717, 1.165) is 4.68 Å². The number of aromatic nitrogens is 3. The molecule has 2 N–H and O–H groups in total. The summed E-state index contributed by atoms with van der Waals surface area (Å²) in [6, 6.07) is 26.4. The van der Waals surface area contributed by atoms with E-state index >= 15 is 0 Å². The van der Waals surface area contributed by atoms with Crippen molar-refractivity contribution in [2.24, 2.45) is 0 Å². The van der Waals surface area contributed by atoms with Crippen molar-refractivity contribution in [3.05, 3.63) is 120 Å². The van der Waals surface area contributed by atoms with Crippen LogP contribution in [-0.2, 0) is 9.59 Å². The first-order valence-corrected chi connectivity index (χ1v) is 13.5. The molecule has 0 radical (unpaired) electrons. The predicted molar refractivity (Wildman–Crippen MR) is 164 cm³/mol. The van der Waals surface area contributed by atoms with Gasteiger partial charge in [-0.05, 0) is 91.1 Å². The molecule has 0 aliphatic carbocycles. The van der Waals surface area contributed by atoms with Crippen LogP contribution in [0, 0.1) is 0 Å². The molecule has 3 aromatic carbocycles. The minimum atomic E-state index is -0.667. The number of rotatable bonds is 7. The Morgan fingerprint density at radius 3 is 2.26 bits per heavy atom. The summed E-state index contributed by atoms with van der Waals surface area (Å²) in [6.07, 6.45) is 4.51. The molecular formula is C32H23N5O5S. The van der Waals surface area contributed by atoms with Gasteiger partial charge in [0.2, 0.25) is 0 Å². The summed E-state index contributed by atoms with van der Waals surface area (Å²) >= 11 is 5.37. The number of nitrogens with one attached hydrogen (secondary N) is 2. The van der Waals surface area contributed by atoms with Crippen molar-refractivity contribution in [1.29, 1.82) is 0 Å². The summed E-state index contributed by atoms with van der Waals surface area (Å²) in [5.41, 5.74) is 2.00. The molecule has 0 unspecified atom stereocenters. The van der Waals surface area contributed by atoms with E-state index in [1.54, 1.807) is 74.0 Å². The highest BCUT2D eigenvalue weighted by molar-refractivity contribution is 7.80. The number of methoxy groups -OCH3 is 1. The maximum Gasteiger partial charge on any atom is 0.294 e. The van der Waals surface area contributed by atoms with E-state index in [-0.39, 0.29) is 10.7 Å². The molecule has 1 fully saturated rings. The van der Waals surface area contributed by atoms with E-state index in [0.29, 0.717) is 45.5 Å². The smallest absolute Gasteiger partial charge is 0.294 e. The Balaban J connectivity index is 1.35. The van der Waals surface area contributed by atoms with E-state index in [4.69, 9.17) is 21.7 Å². The standard InChI is InChI=1S/C32H23N5O5S/c1-41-23-13-9-20(10-14-23)28-21(19-36(35-28)31(40)27-8-5-17-33-27)18-26-29(38)34-32(43)37(30(26)39)22-11-15-25(16-12-22)42-24-6-3-2-4-7-24/h2-19,33H,1H3,(H,34,38,43)/b26-18+. The maximum atomic E-state index is 13.7. The fourth-order valence-corrected chi connectivity index (χ4v) is 4.77. The fraction of sp³-hybridized carbons (Fsp3) is 0.0312. The van der Waals surface area contributed by atoms with Crippen LogP contribution in [0.4, 0.5) is 5.69 Å². The van der Waals surface area contributed by atoms with E-state index in [1.807, 2.05) is 30.3 Å². The fourth-order valence-electron chi connectivity index (χ4n) is 4.49. The molecule has 2 aromatic heterocycles. The number of hydrogen-bond donors (Lipinski definition) is 2. The number of H-pyrrole nitrogens is 1. The van der Waals surface area contributed by atoms with E-state index in [1.165, 1.54) is 17.2 Å². The van der Waals surface area contributed by atoms with Crippen LogP contribution >= 0.6 is 12.2 Å². The number of aromatic amines is 1. The van der Waals surface area contributed by atoms with Crippen molar-refractivity contribution in [1.82, 2.24) is 20.1 Å². The number of amides is 2. The summed E-state index contributed by atoms with van der Waals surface area (Å²) in [5.74, 6) is 0.156. The summed E-state index contributed by atoms with van der Waals surface area (Å²) in [7, 11) is 1.56. The lowest BCUT2D eigenvalue weighted by molar-refractivity contribution is -0.122. The van der Waals surface area contributed by atoms with Crippen LogP contribution < -0.4 is 19.7 Å². The van der Waals surface area contributed by atoms with Crippen molar-refractivity contribution in [3.63, 3.8) is 0 Å². The second kappa shape index (κ2) is 11.6. The first kappa shape index (κ1) is 27.4. The van der Waals surface area contributed by atoms with Crippen LogP contribution in [0.2, 0.25) is 0 Å². The summed E-state index contributed by atoms with van der Waals surface area (Å²) in [4.78, 5) is 44.0. The van der Waals surface area contributed by atoms with Crippen molar-refractivity contribution < 1.29 is 23.9 Å². The Kier molecular flexibility index (Phi) is 7.37. The van der Waals surface area contributed by atoms with Crippen LogP contribution in [0.15, 0.2) is 109 Å². The van der Waals surface area contributed by atoms with Gasteiger partial charge in [-0.2, -0.15) is 5.10 Å².